The molecule has 1 N–H and O–H groups in total. The summed E-state index contributed by atoms with van der Waals surface area (Å²) in [6.45, 7) is 11.5. The third kappa shape index (κ3) is 5.89. The summed E-state index contributed by atoms with van der Waals surface area (Å²) in [6, 6.07) is 6.72. The maximum atomic E-state index is 5.02. The Morgan fingerprint density at radius 1 is 1.28 bits per heavy atom. The summed E-state index contributed by atoms with van der Waals surface area (Å²) in [5.74, 6) is 0. The minimum Gasteiger partial charge on any atom is -0.383 e. The van der Waals surface area contributed by atoms with Gasteiger partial charge in [0.25, 0.3) is 0 Å². The third-order valence-electron chi connectivity index (χ3n) is 2.54. The smallest absolute Gasteiger partial charge is 0.0587 e. The number of nitrogens with one attached hydrogen (secondary N) is 1. The van der Waals surface area contributed by atoms with Gasteiger partial charge in [-0.3, -0.25) is 0 Å². The van der Waals surface area contributed by atoms with Crippen LogP contribution >= 0.6 is 11.8 Å². The molecule has 0 aliphatic carbocycles. The number of aryl methyl sites for hydroxylation is 1. The monoisotopic (exact) mass is 267 g/mol. The van der Waals surface area contributed by atoms with Crippen molar-refractivity contribution in [2.45, 2.75) is 43.9 Å². The van der Waals surface area contributed by atoms with Crippen LogP contribution < -0.4 is 5.32 Å². The Bertz CT molecular complexity index is 371. The molecule has 0 aliphatic rings. The summed E-state index contributed by atoms with van der Waals surface area (Å²) in [6.07, 6.45) is 0. The maximum Gasteiger partial charge on any atom is 0.0587 e. The largest absolute Gasteiger partial charge is 0.383 e. The van der Waals surface area contributed by atoms with E-state index in [9.17, 15) is 0 Å². The molecule has 18 heavy (non-hydrogen) atoms. The molecular formula is C15H25NOS. The molecule has 0 spiro atoms. The highest BCUT2D eigenvalue weighted by molar-refractivity contribution is 8.00. The van der Waals surface area contributed by atoms with E-state index in [0.717, 1.165) is 19.7 Å². The lowest BCUT2D eigenvalue weighted by molar-refractivity contribution is 0.199. The minimum absolute atomic E-state index is 0.269. The van der Waals surface area contributed by atoms with E-state index in [1.165, 1.54) is 16.0 Å². The molecule has 0 heterocycles. The fourth-order valence-corrected chi connectivity index (χ4v) is 2.76. The zero-order chi connectivity index (χ0) is 13.6. The number of hydrogen-bond acceptors (Lipinski definition) is 3. The van der Waals surface area contributed by atoms with Crippen LogP contribution in [-0.2, 0) is 11.3 Å². The van der Waals surface area contributed by atoms with E-state index in [2.05, 4.69) is 51.2 Å². The molecule has 3 heteroatoms. The van der Waals surface area contributed by atoms with E-state index in [-0.39, 0.29) is 4.75 Å². The van der Waals surface area contributed by atoms with Gasteiger partial charge in [0.2, 0.25) is 0 Å². The molecule has 1 rings (SSSR count). The van der Waals surface area contributed by atoms with Crippen LogP contribution in [0.2, 0.25) is 0 Å². The number of benzene rings is 1. The minimum atomic E-state index is 0.269. The van der Waals surface area contributed by atoms with Gasteiger partial charge in [-0.1, -0.05) is 26.8 Å². The van der Waals surface area contributed by atoms with Crippen LogP contribution in [0.5, 0.6) is 0 Å². The Kier molecular flexibility index (Phi) is 6.19. The van der Waals surface area contributed by atoms with Crippen molar-refractivity contribution in [2.24, 2.45) is 0 Å². The number of rotatable bonds is 6. The van der Waals surface area contributed by atoms with Crippen molar-refractivity contribution in [1.29, 1.82) is 0 Å². The van der Waals surface area contributed by atoms with Gasteiger partial charge in [0.15, 0.2) is 0 Å². The average Bonchev–Trinajstić information content (AvgIpc) is 2.24. The second-order valence-corrected chi connectivity index (χ2v) is 7.37. The molecule has 0 unspecified atom stereocenters. The molecule has 0 fully saturated rings. The van der Waals surface area contributed by atoms with Crippen LogP contribution in [0.15, 0.2) is 23.1 Å². The molecule has 0 aromatic heterocycles. The molecule has 0 aliphatic heterocycles. The van der Waals surface area contributed by atoms with Crippen LogP contribution in [0.3, 0.4) is 0 Å². The van der Waals surface area contributed by atoms with E-state index in [1.54, 1.807) is 7.11 Å². The van der Waals surface area contributed by atoms with Gasteiger partial charge in [0, 0.05) is 29.8 Å². The average molecular weight is 267 g/mol. The van der Waals surface area contributed by atoms with Crippen molar-refractivity contribution in [3.8, 4) is 0 Å². The molecule has 0 amide bonds. The fourth-order valence-electron chi connectivity index (χ4n) is 1.68. The molecule has 0 bridgehead atoms. The van der Waals surface area contributed by atoms with Crippen LogP contribution in [0.4, 0.5) is 0 Å². The van der Waals surface area contributed by atoms with Gasteiger partial charge in [-0.15, -0.1) is 11.8 Å². The van der Waals surface area contributed by atoms with E-state index >= 15 is 0 Å². The van der Waals surface area contributed by atoms with Crippen molar-refractivity contribution >= 4 is 11.8 Å². The highest BCUT2D eigenvalue weighted by atomic mass is 32.2. The van der Waals surface area contributed by atoms with E-state index in [0.29, 0.717) is 0 Å². The van der Waals surface area contributed by atoms with Crippen molar-refractivity contribution in [3.05, 3.63) is 29.3 Å². The highest BCUT2D eigenvalue weighted by Gasteiger charge is 2.12. The highest BCUT2D eigenvalue weighted by Crippen LogP contribution is 2.32. The van der Waals surface area contributed by atoms with E-state index in [4.69, 9.17) is 4.74 Å². The Labute approximate surface area is 116 Å². The fraction of sp³-hybridized carbons (Fsp3) is 0.600. The maximum absolute atomic E-state index is 5.02. The zero-order valence-corrected chi connectivity index (χ0v) is 13.0. The number of ether oxygens (including phenoxy) is 1. The Balaban J connectivity index is 2.57. The summed E-state index contributed by atoms with van der Waals surface area (Å²) in [4.78, 5) is 1.35. The van der Waals surface area contributed by atoms with Gasteiger partial charge in [-0.25, -0.2) is 0 Å². The first-order valence-electron chi connectivity index (χ1n) is 6.40. The Morgan fingerprint density at radius 2 is 2.00 bits per heavy atom. The van der Waals surface area contributed by atoms with Gasteiger partial charge in [0.05, 0.1) is 6.61 Å². The topological polar surface area (TPSA) is 21.3 Å². The summed E-state index contributed by atoms with van der Waals surface area (Å²) in [5.41, 5.74) is 2.72. The lowest BCUT2D eigenvalue weighted by Gasteiger charge is -2.18. The summed E-state index contributed by atoms with van der Waals surface area (Å²) in [5, 5.41) is 3.38. The van der Waals surface area contributed by atoms with Crippen LogP contribution in [0, 0.1) is 6.92 Å². The van der Waals surface area contributed by atoms with Gasteiger partial charge in [0.1, 0.15) is 0 Å². The SMILES string of the molecule is COCCNCc1ccc(SC(C)(C)C)cc1C. The predicted octanol–water partition coefficient (Wildman–Crippen LogP) is 3.62. The van der Waals surface area contributed by atoms with Gasteiger partial charge in [-0.05, 0) is 30.2 Å². The first-order valence-corrected chi connectivity index (χ1v) is 7.22. The van der Waals surface area contributed by atoms with Crippen molar-refractivity contribution in [1.82, 2.24) is 5.32 Å². The second-order valence-electron chi connectivity index (χ2n) is 5.47. The standard InChI is InChI=1S/C15H25NOS/c1-12-10-14(18-15(2,3)4)7-6-13(12)11-16-8-9-17-5/h6-7,10,16H,8-9,11H2,1-5H3. The first kappa shape index (κ1) is 15.5. The van der Waals surface area contributed by atoms with Crippen LogP contribution in [0.25, 0.3) is 0 Å². The van der Waals surface area contributed by atoms with Crippen molar-refractivity contribution in [3.63, 3.8) is 0 Å². The molecular weight excluding hydrogens is 242 g/mol. The predicted molar refractivity (Wildman–Crippen MR) is 80.4 cm³/mol. The molecule has 1 aromatic rings. The third-order valence-corrected chi connectivity index (χ3v) is 3.64. The molecule has 0 radical (unpaired) electrons. The van der Waals surface area contributed by atoms with E-state index < -0.39 is 0 Å². The molecule has 2 nitrogen and oxygen atoms in total. The van der Waals surface area contributed by atoms with Crippen molar-refractivity contribution in [2.75, 3.05) is 20.3 Å². The zero-order valence-electron chi connectivity index (χ0n) is 12.2. The lowest BCUT2D eigenvalue weighted by Crippen LogP contribution is -2.19. The second kappa shape index (κ2) is 7.17. The first-order chi connectivity index (χ1) is 8.42. The van der Waals surface area contributed by atoms with Crippen LogP contribution in [-0.4, -0.2) is 25.0 Å². The van der Waals surface area contributed by atoms with E-state index in [1.807, 2.05) is 11.8 Å². The summed E-state index contributed by atoms with van der Waals surface area (Å²) < 4.78 is 5.29. The van der Waals surface area contributed by atoms with Gasteiger partial charge >= 0.3 is 0 Å². The van der Waals surface area contributed by atoms with Gasteiger partial charge < -0.3 is 10.1 Å². The summed E-state index contributed by atoms with van der Waals surface area (Å²) >= 11 is 1.92. The number of thioether (sulfide) groups is 1. The normalized spacial score (nSPS) is 11.8. The molecule has 0 saturated carbocycles. The number of methoxy groups -OCH3 is 1. The Hall–Kier alpha value is -0.510. The number of hydrogen-bond donors (Lipinski definition) is 1. The molecule has 0 saturated heterocycles. The molecule has 0 atom stereocenters. The van der Waals surface area contributed by atoms with Gasteiger partial charge in [-0.2, -0.15) is 0 Å². The lowest BCUT2D eigenvalue weighted by atomic mass is 10.1. The molecule has 102 valence electrons. The quantitative estimate of drug-likeness (QED) is 0.628. The Morgan fingerprint density at radius 3 is 2.56 bits per heavy atom. The van der Waals surface area contributed by atoms with Crippen molar-refractivity contribution < 1.29 is 4.74 Å². The molecule has 1 aromatic carbocycles. The van der Waals surface area contributed by atoms with Crippen LogP contribution in [0.1, 0.15) is 31.9 Å². The summed E-state index contributed by atoms with van der Waals surface area (Å²) in [7, 11) is 1.73.